The van der Waals surface area contributed by atoms with Crippen LogP contribution in [0.25, 0.3) is 11.3 Å². The Bertz CT molecular complexity index is 668. The average Bonchev–Trinajstić information content (AvgIpc) is 2.46. The smallest absolute Gasteiger partial charge is 0.136 e. The molecule has 4 heteroatoms. The first-order valence-corrected chi connectivity index (χ1v) is 7.55. The summed E-state index contributed by atoms with van der Waals surface area (Å²) in [5.74, 6) is 1.64. The van der Waals surface area contributed by atoms with Crippen molar-refractivity contribution in [3.8, 4) is 17.0 Å². The van der Waals surface area contributed by atoms with E-state index in [9.17, 15) is 0 Å². The number of methoxy groups -OCH3 is 1. The van der Waals surface area contributed by atoms with Crippen LogP contribution >= 0.6 is 11.6 Å². The fourth-order valence-corrected chi connectivity index (χ4v) is 2.56. The van der Waals surface area contributed by atoms with Crippen LogP contribution in [0.4, 0.5) is 0 Å². The summed E-state index contributed by atoms with van der Waals surface area (Å²) in [4.78, 5) is 9.05. The van der Waals surface area contributed by atoms with Gasteiger partial charge in [0.05, 0.1) is 12.8 Å². The monoisotopic (exact) mass is 304 g/mol. The molecule has 112 valence electrons. The summed E-state index contributed by atoms with van der Waals surface area (Å²) in [6.07, 6.45) is 1.81. The SMILES string of the molecule is CCCc1nc(Cl)c(C)c(-c2ccc(C)c(C)c2OC)n1. The molecule has 1 heterocycles. The molecule has 0 saturated carbocycles. The number of benzene rings is 1. The Balaban J connectivity index is 2.69. The van der Waals surface area contributed by atoms with Gasteiger partial charge in [0.2, 0.25) is 0 Å². The van der Waals surface area contributed by atoms with E-state index in [2.05, 4.69) is 31.8 Å². The predicted molar refractivity (Wildman–Crippen MR) is 87.2 cm³/mol. The van der Waals surface area contributed by atoms with Crippen LogP contribution in [0.3, 0.4) is 0 Å². The highest BCUT2D eigenvalue weighted by Gasteiger charge is 2.17. The van der Waals surface area contributed by atoms with Crippen LogP contribution < -0.4 is 4.74 Å². The van der Waals surface area contributed by atoms with Crippen LogP contribution in [-0.4, -0.2) is 17.1 Å². The lowest BCUT2D eigenvalue weighted by Gasteiger charge is -2.15. The number of ether oxygens (including phenoxy) is 1. The van der Waals surface area contributed by atoms with E-state index >= 15 is 0 Å². The highest BCUT2D eigenvalue weighted by molar-refractivity contribution is 6.30. The van der Waals surface area contributed by atoms with Gasteiger partial charge in [-0.2, -0.15) is 0 Å². The Hall–Kier alpha value is -1.61. The molecule has 3 nitrogen and oxygen atoms in total. The maximum absolute atomic E-state index is 6.28. The average molecular weight is 305 g/mol. The molecule has 2 aromatic rings. The van der Waals surface area contributed by atoms with E-state index in [0.29, 0.717) is 5.15 Å². The highest BCUT2D eigenvalue weighted by Crippen LogP contribution is 2.36. The molecule has 0 atom stereocenters. The summed E-state index contributed by atoms with van der Waals surface area (Å²) in [6, 6.07) is 4.13. The van der Waals surface area contributed by atoms with Gasteiger partial charge >= 0.3 is 0 Å². The third kappa shape index (κ3) is 3.03. The molecule has 0 unspecified atom stereocenters. The lowest BCUT2D eigenvalue weighted by atomic mass is 10.00. The minimum absolute atomic E-state index is 0.517. The molecule has 0 saturated heterocycles. The zero-order valence-corrected chi connectivity index (χ0v) is 14.0. The van der Waals surface area contributed by atoms with Crippen molar-refractivity contribution in [1.29, 1.82) is 0 Å². The van der Waals surface area contributed by atoms with Gasteiger partial charge in [0, 0.05) is 17.5 Å². The number of hydrogen-bond acceptors (Lipinski definition) is 3. The lowest BCUT2D eigenvalue weighted by Crippen LogP contribution is -2.02. The molecular weight excluding hydrogens is 284 g/mol. The molecule has 0 aliphatic carbocycles. The van der Waals surface area contributed by atoms with Crippen LogP contribution in [0.1, 0.15) is 35.9 Å². The first-order chi connectivity index (χ1) is 9.99. The molecule has 0 aliphatic rings. The van der Waals surface area contributed by atoms with E-state index in [1.165, 1.54) is 5.56 Å². The largest absolute Gasteiger partial charge is 0.496 e. The van der Waals surface area contributed by atoms with E-state index in [0.717, 1.165) is 46.8 Å². The van der Waals surface area contributed by atoms with Crippen molar-refractivity contribution in [3.05, 3.63) is 39.8 Å². The summed E-state index contributed by atoms with van der Waals surface area (Å²) < 4.78 is 5.60. The minimum atomic E-state index is 0.517. The number of halogens is 1. The lowest BCUT2D eigenvalue weighted by molar-refractivity contribution is 0.413. The molecule has 0 aliphatic heterocycles. The van der Waals surface area contributed by atoms with Crippen LogP contribution in [-0.2, 0) is 6.42 Å². The first-order valence-electron chi connectivity index (χ1n) is 7.17. The summed E-state index contributed by atoms with van der Waals surface area (Å²) in [6.45, 7) is 8.18. The number of aryl methyl sites for hydroxylation is 2. The van der Waals surface area contributed by atoms with E-state index in [-0.39, 0.29) is 0 Å². The zero-order valence-electron chi connectivity index (χ0n) is 13.2. The molecule has 0 radical (unpaired) electrons. The zero-order chi connectivity index (χ0) is 15.6. The maximum Gasteiger partial charge on any atom is 0.136 e. The van der Waals surface area contributed by atoms with E-state index in [1.54, 1.807) is 7.11 Å². The molecule has 0 spiro atoms. The molecule has 1 aromatic heterocycles. The van der Waals surface area contributed by atoms with E-state index in [4.69, 9.17) is 21.3 Å². The molecule has 0 amide bonds. The quantitative estimate of drug-likeness (QED) is 0.769. The number of hydrogen-bond donors (Lipinski definition) is 0. The van der Waals surface area contributed by atoms with Gasteiger partial charge in [0.15, 0.2) is 0 Å². The van der Waals surface area contributed by atoms with Gasteiger partial charge in [-0.15, -0.1) is 0 Å². The Morgan fingerprint density at radius 1 is 1.10 bits per heavy atom. The van der Waals surface area contributed by atoms with Gasteiger partial charge in [0.25, 0.3) is 0 Å². The molecule has 21 heavy (non-hydrogen) atoms. The van der Waals surface area contributed by atoms with Crippen LogP contribution in [0, 0.1) is 20.8 Å². The normalized spacial score (nSPS) is 10.8. The second-order valence-corrected chi connectivity index (χ2v) is 5.60. The molecule has 0 bridgehead atoms. The van der Waals surface area contributed by atoms with Crippen molar-refractivity contribution in [3.63, 3.8) is 0 Å². The van der Waals surface area contributed by atoms with Crippen molar-refractivity contribution < 1.29 is 4.74 Å². The van der Waals surface area contributed by atoms with Crippen molar-refractivity contribution >= 4 is 11.6 Å². The van der Waals surface area contributed by atoms with Crippen LogP contribution in [0.5, 0.6) is 5.75 Å². The van der Waals surface area contributed by atoms with Crippen LogP contribution in [0.2, 0.25) is 5.15 Å². The van der Waals surface area contributed by atoms with Crippen LogP contribution in [0.15, 0.2) is 12.1 Å². The Labute approximate surface area is 131 Å². The van der Waals surface area contributed by atoms with Gasteiger partial charge in [-0.05, 0) is 44.4 Å². The van der Waals surface area contributed by atoms with Crippen molar-refractivity contribution in [2.75, 3.05) is 7.11 Å². The van der Waals surface area contributed by atoms with Crippen molar-refractivity contribution in [2.45, 2.75) is 40.5 Å². The Kier molecular flexibility index (Phi) is 4.84. The summed E-state index contributed by atoms with van der Waals surface area (Å²) >= 11 is 6.28. The van der Waals surface area contributed by atoms with Gasteiger partial charge in [-0.25, -0.2) is 9.97 Å². The number of nitrogens with zero attached hydrogens (tertiary/aromatic N) is 2. The fraction of sp³-hybridized carbons (Fsp3) is 0.412. The summed E-state index contributed by atoms with van der Waals surface area (Å²) in [5, 5.41) is 0.517. The van der Waals surface area contributed by atoms with Gasteiger partial charge < -0.3 is 4.74 Å². The third-order valence-corrected chi connectivity index (χ3v) is 4.11. The summed E-state index contributed by atoms with van der Waals surface area (Å²) in [5.41, 5.74) is 5.04. The fourth-order valence-electron chi connectivity index (χ4n) is 2.37. The molecule has 0 fully saturated rings. The third-order valence-electron chi connectivity index (χ3n) is 3.74. The Morgan fingerprint density at radius 2 is 1.81 bits per heavy atom. The van der Waals surface area contributed by atoms with Gasteiger partial charge in [-0.1, -0.05) is 24.6 Å². The minimum Gasteiger partial charge on any atom is -0.496 e. The molecule has 1 aromatic carbocycles. The molecule has 2 rings (SSSR count). The first kappa shape index (κ1) is 15.8. The molecular formula is C17H21ClN2O. The van der Waals surface area contributed by atoms with Crippen molar-refractivity contribution in [2.24, 2.45) is 0 Å². The maximum atomic E-state index is 6.28. The van der Waals surface area contributed by atoms with Crippen molar-refractivity contribution in [1.82, 2.24) is 9.97 Å². The van der Waals surface area contributed by atoms with Gasteiger partial charge in [-0.3, -0.25) is 0 Å². The van der Waals surface area contributed by atoms with E-state index in [1.807, 2.05) is 13.0 Å². The highest BCUT2D eigenvalue weighted by atomic mass is 35.5. The number of rotatable bonds is 4. The molecule has 0 N–H and O–H groups in total. The standard InChI is InChI=1S/C17H21ClN2O/c1-6-7-14-19-15(12(4)17(18)20-14)13-9-8-10(2)11(3)16(13)21-5/h8-9H,6-7H2,1-5H3. The second-order valence-electron chi connectivity index (χ2n) is 5.24. The van der Waals surface area contributed by atoms with E-state index < -0.39 is 0 Å². The predicted octanol–water partition coefficient (Wildman–Crippen LogP) is 4.68. The number of aromatic nitrogens is 2. The Morgan fingerprint density at radius 3 is 2.43 bits per heavy atom. The topological polar surface area (TPSA) is 35.0 Å². The summed E-state index contributed by atoms with van der Waals surface area (Å²) in [7, 11) is 1.69. The van der Waals surface area contributed by atoms with Gasteiger partial charge in [0.1, 0.15) is 16.7 Å². The second kappa shape index (κ2) is 6.44.